The molecule has 3 N–H and O–H groups in total. The predicted octanol–water partition coefficient (Wildman–Crippen LogP) is 3.30. The summed E-state index contributed by atoms with van der Waals surface area (Å²) in [6, 6.07) is 0.411. The van der Waals surface area contributed by atoms with Crippen LogP contribution in [0.4, 0.5) is 0 Å². The van der Waals surface area contributed by atoms with Crippen LogP contribution in [0, 0.1) is 5.92 Å². The van der Waals surface area contributed by atoms with Gasteiger partial charge in [-0.3, -0.25) is 16.2 Å². The third kappa shape index (κ3) is 4.73. The summed E-state index contributed by atoms with van der Waals surface area (Å²) in [6.45, 7) is 11.8. The summed E-state index contributed by atoms with van der Waals surface area (Å²) in [5.41, 5.74) is 3.34. The third-order valence-electron chi connectivity index (χ3n) is 5.02. The number of nitrogens with one attached hydrogen (secondary N) is 1. The summed E-state index contributed by atoms with van der Waals surface area (Å²) >= 11 is 0. The molecule has 1 saturated heterocycles. The molecule has 1 heterocycles. The minimum Gasteiger partial charge on any atom is -0.296 e. The first-order chi connectivity index (χ1) is 9.04. The Bertz CT molecular complexity index is 236. The Balaban J connectivity index is 2.61. The molecule has 19 heavy (non-hydrogen) atoms. The van der Waals surface area contributed by atoms with Crippen molar-refractivity contribution in [1.29, 1.82) is 0 Å². The number of hydrogen-bond acceptors (Lipinski definition) is 3. The number of hydrazine groups is 1. The quantitative estimate of drug-likeness (QED) is 0.525. The molecule has 0 amide bonds. The largest absolute Gasteiger partial charge is 0.296 e. The molecule has 0 radical (unpaired) electrons. The fourth-order valence-corrected chi connectivity index (χ4v) is 3.40. The summed E-state index contributed by atoms with van der Waals surface area (Å²) in [5, 5.41) is 0. The van der Waals surface area contributed by atoms with E-state index < -0.39 is 0 Å². The van der Waals surface area contributed by atoms with Gasteiger partial charge in [-0.05, 0) is 51.6 Å². The SMILES string of the molecule is CCC(C)(C(CCCC(C)C)NN)N1CCCCC1. The van der Waals surface area contributed by atoms with Crippen LogP contribution in [-0.4, -0.2) is 29.6 Å². The van der Waals surface area contributed by atoms with Gasteiger partial charge in [-0.15, -0.1) is 0 Å². The molecule has 0 aromatic heterocycles. The molecule has 1 aliphatic rings. The number of piperidine rings is 1. The van der Waals surface area contributed by atoms with Crippen LogP contribution in [0.15, 0.2) is 0 Å². The zero-order valence-electron chi connectivity index (χ0n) is 13.5. The lowest BCUT2D eigenvalue weighted by Crippen LogP contribution is -2.61. The average Bonchev–Trinajstić information content (AvgIpc) is 2.43. The van der Waals surface area contributed by atoms with E-state index >= 15 is 0 Å². The fraction of sp³-hybridized carbons (Fsp3) is 1.00. The number of nitrogens with zero attached hydrogens (tertiary/aromatic N) is 1. The Labute approximate surface area is 120 Å². The van der Waals surface area contributed by atoms with Crippen LogP contribution in [0.2, 0.25) is 0 Å². The van der Waals surface area contributed by atoms with Crippen molar-refractivity contribution >= 4 is 0 Å². The minimum absolute atomic E-state index is 0.214. The maximum Gasteiger partial charge on any atom is 0.0392 e. The van der Waals surface area contributed by atoms with Crippen molar-refractivity contribution in [1.82, 2.24) is 10.3 Å². The highest BCUT2D eigenvalue weighted by molar-refractivity contribution is 4.96. The summed E-state index contributed by atoms with van der Waals surface area (Å²) in [4.78, 5) is 2.68. The number of nitrogens with two attached hydrogens (primary N) is 1. The number of hydrogen-bond donors (Lipinski definition) is 2. The Morgan fingerprint density at radius 2 is 1.79 bits per heavy atom. The van der Waals surface area contributed by atoms with E-state index in [-0.39, 0.29) is 5.54 Å². The van der Waals surface area contributed by atoms with Gasteiger partial charge in [0.25, 0.3) is 0 Å². The zero-order chi connectivity index (χ0) is 14.3. The van der Waals surface area contributed by atoms with E-state index in [9.17, 15) is 0 Å². The zero-order valence-corrected chi connectivity index (χ0v) is 13.5. The standard InChI is InChI=1S/C16H35N3/c1-5-16(4,19-12-7-6-8-13-19)15(18-17)11-9-10-14(2)3/h14-15,18H,5-13,17H2,1-4H3. The van der Waals surface area contributed by atoms with Gasteiger partial charge in [0, 0.05) is 11.6 Å². The van der Waals surface area contributed by atoms with E-state index in [0.717, 1.165) is 5.92 Å². The summed E-state index contributed by atoms with van der Waals surface area (Å²) in [6.07, 6.45) is 9.02. The monoisotopic (exact) mass is 269 g/mol. The Kier molecular flexibility index (Phi) is 7.33. The van der Waals surface area contributed by atoms with Gasteiger partial charge in [-0.25, -0.2) is 0 Å². The highest BCUT2D eigenvalue weighted by Gasteiger charge is 2.37. The summed E-state index contributed by atoms with van der Waals surface area (Å²) in [7, 11) is 0. The van der Waals surface area contributed by atoms with Gasteiger partial charge < -0.3 is 0 Å². The second-order valence-electron chi connectivity index (χ2n) is 6.80. The molecule has 2 atom stereocenters. The Morgan fingerprint density at radius 3 is 2.26 bits per heavy atom. The van der Waals surface area contributed by atoms with Crippen LogP contribution in [-0.2, 0) is 0 Å². The molecule has 0 aliphatic carbocycles. The first-order valence-electron chi connectivity index (χ1n) is 8.25. The van der Waals surface area contributed by atoms with Crippen molar-refractivity contribution in [3.05, 3.63) is 0 Å². The van der Waals surface area contributed by atoms with E-state index in [1.54, 1.807) is 0 Å². The smallest absolute Gasteiger partial charge is 0.0392 e. The van der Waals surface area contributed by atoms with Crippen LogP contribution in [0.1, 0.15) is 72.6 Å². The maximum absolute atomic E-state index is 5.88. The number of rotatable bonds is 8. The molecule has 1 rings (SSSR count). The molecule has 2 unspecified atom stereocenters. The molecule has 114 valence electrons. The van der Waals surface area contributed by atoms with Gasteiger partial charge >= 0.3 is 0 Å². The van der Waals surface area contributed by atoms with Crippen LogP contribution < -0.4 is 11.3 Å². The molecule has 0 aromatic carbocycles. The van der Waals surface area contributed by atoms with Gasteiger partial charge in [0.2, 0.25) is 0 Å². The maximum atomic E-state index is 5.88. The molecule has 0 spiro atoms. The first kappa shape index (κ1) is 16.9. The lowest BCUT2D eigenvalue weighted by Gasteiger charge is -2.48. The van der Waals surface area contributed by atoms with Crippen molar-refractivity contribution in [2.45, 2.75) is 84.2 Å². The van der Waals surface area contributed by atoms with Crippen molar-refractivity contribution in [3.8, 4) is 0 Å². The van der Waals surface area contributed by atoms with E-state index in [4.69, 9.17) is 5.84 Å². The average molecular weight is 269 g/mol. The van der Waals surface area contributed by atoms with Gasteiger partial charge in [-0.2, -0.15) is 0 Å². The molecular weight excluding hydrogens is 234 g/mol. The normalized spacial score (nSPS) is 22.4. The summed E-state index contributed by atoms with van der Waals surface area (Å²) < 4.78 is 0. The topological polar surface area (TPSA) is 41.3 Å². The van der Waals surface area contributed by atoms with Crippen molar-refractivity contribution in [3.63, 3.8) is 0 Å². The molecular formula is C16H35N3. The Hall–Kier alpha value is -0.120. The predicted molar refractivity (Wildman–Crippen MR) is 83.9 cm³/mol. The summed E-state index contributed by atoms with van der Waals surface area (Å²) in [5.74, 6) is 6.67. The second kappa shape index (κ2) is 8.23. The van der Waals surface area contributed by atoms with E-state index in [0.29, 0.717) is 6.04 Å². The Morgan fingerprint density at radius 1 is 1.16 bits per heavy atom. The fourth-order valence-electron chi connectivity index (χ4n) is 3.40. The second-order valence-corrected chi connectivity index (χ2v) is 6.80. The van der Waals surface area contributed by atoms with Crippen LogP contribution in [0.25, 0.3) is 0 Å². The van der Waals surface area contributed by atoms with Crippen molar-refractivity contribution in [2.24, 2.45) is 11.8 Å². The van der Waals surface area contributed by atoms with Crippen LogP contribution >= 0.6 is 0 Å². The lowest BCUT2D eigenvalue weighted by atomic mass is 9.83. The molecule has 0 aromatic rings. The molecule has 3 nitrogen and oxygen atoms in total. The number of likely N-dealkylation sites (tertiary alicyclic amines) is 1. The van der Waals surface area contributed by atoms with E-state index in [1.807, 2.05) is 0 Å². The first-order valence-corrected chi connectivity index (χ1v) is 8.25. The van der Waals surface area contributed by atoms with Gasteiger partial charge in [-0.1, -0.05) is 40.0 Å². The molecule has 0 bridgehead atoms. The molecule has 3 heteroatoms. The highest BCUT2D eigenvalue weighted by atomic mass is 15.3. The van der Waals surface area contributed by atoms with Crippen LogP contribution in [0.5, 0.6) is 0 Å². The van der Waals surface area contributed by atoms with Gasteiger partial charge in [0.05, 0.1) is 0 Å². The lowest BCUT2D eigenvalue weighted by molar-refractivity contribution is 0.0391. The van der Waals surface area contributed by atoms with Crippen molar-refractivity contribution in [2.75, 3.05) is 13.1 Å². The molecule has 1 aliphatic heterocycles. The van der Waals surface area contributed by atoms with Crippen LogP contribution in [0.3, 0.4) is 0 Å². The minimum atomic E-state index is 0.214. The van der Waals surface area contributed by atoms with Gasteiger partial charge in [0.1, 0.15) is 0 Å². The van der Waals surface area contributed by atoms with E-state index in [2.05, 4.69) is 38.0 Å². The van der Waals surface area contributed by atoms with E-state index in [1.165, 1.54) is 58.0 Å². The van der Waals surface area contributed by atoms with Gasteiger partial charge in [0.15, 0.2) is 0 Å². The third-order valence-corrected chi connectivity index (χ3v) is 5.02. The van der Waals surface area contributed by atoms with Crippen molar-refractivity contribution < 1.29 is 0 Å². The molecule has 0 saturated carbocycles. The highest BCUT2D eigenvalue weighted by Crippen LogP contribution is 2.29. The molecule has 1 fully saturated rings.